The third-order valence-electron chi connectivity index (χ3n) is 3.12. The average molecular weight is 266 g/mol. The molecule has 0 spiro atoms. The van der Waals surface area contributed by atoms with E-state index in [0.717, 1.165) is 25.7 Å². The Morgan fingerprint density at radius 1 is 1.05 bits per heavy atom. The van der Waals surface area contributed by atoms with E-state index in [1.54, 1.807) is 6.92 Å². The van der Waals surface area contributed by atoms with Crippen molar-refractivity contribution in [2.75, 3.05) is 0 Å². The minimum atomic E-state index is -0.149. The Kier molecular flexibility index (Phi) is 6.78. The van der Waals surface area contributed by atoms with Crippen LogP contribution in [0, 0.1) is 11.8 Å². The van der Waals surface area contributed by atoms with Crippen LogP contribution >= 0.6 is 0 Å². The molecule has 0 unspecified atom stereocenters. The minimum Gasteiger partial charge on any atom is -0.274 e. The fourth-order valence-electron chi connectivity index (χ4n) is 1.97. The van der Waals surface area contributed by atoms with Crippen LogP contribution < -0.4 is 10.9 Å². The van der Waals surface area contributed by atoms with Crippen LogP contribution in [0.2, 0.25) is 0 Å². The standard InChI is InChI=1S/C13H22N4O2/c1-3-13(19)17-15-9-12-6-4-11(5-7-12)8-14-16-10(2)18/h8-9,11-12H,3-7H2,1-2H3,(H,16,18)(H,17,19)/b14-8+,15-9+. The van der Waals surface area contributed by atoms with Crippen LogP contribution in [0.3, 0.4) is 0 Å². The summed E-state index contributed by atoms with van der Waals surface area (Å²) in [5.74, 6) is 0.625. The molecule has 0 aromatic rings. The summed E-state index contributed by atoms with van der Waals surface area (Å²) in [6.07, 6.45) is 8.21. The van der Waals surface area contributed by atoms with Crippen LogP contribution in [-0.4, -0.2) is 24.2 Å². The lowest BCUT2D eigenvalue weighted by molar-refractivity contribution is -0.121. The Morgan fingerprint density at radius 2 is 1.53 bits per heavy atom. The molecule has 0 saturated heterocycles. The maximum absolute atomic E-state index is 11.0. The van der Waals surface area contributed by atoms with E-state index < -0.39 is 0 Å². The molecule has 1 saturated carbocycles. The Hall–Kier alpha value is -1.72. The van der Waals surface area contributed by atoms with Gasteiger partial charge >= 0.3 is 0 Å². The van der Waals surface area contributed by atoms with Crippen LogP contribution in [-0.2, 0) is 9.59 Å². The summed E-state index contributed by atoms with van der Waals surface area (Å²) >= 11 is 0. The zero-order valence-electron chi connectivity index (χ0n) is 11.6. The molecule has 1 rings (SSSR count). The largest absolute Gasteiger partial charge is 0.274 e. The van der Waals surface area contributed by atoms with Gasteiger partial charge in [-0.25, -0.2) is 10.9 Å². The van der Waals surface area contributed by atoms with Gasteiger partial charge in [-0.05, 0) is 37.5 Å². The fraction of sp³-hybridized carbons (Fsp3) is 0.692. The number of nitrogens with one attached hydrogen (secondary N) is 2. The number of hydrazone groups is 2. The first-order chi connectivity index (χ1) is 9.11. The Labute approximate surface area is 113 Å². The summed E-state index contributed by atoms with van der Waals surface area (Å²) in [7, 11) is 0. The highest BCUT2D eigenvalue weighted by atomic mass is 16.2. The van der Waals surface area contributed by atoms with Gasteiger partial charge in [-0.1, -0.05) is 6.92 Å². The monoisotopic (exact) mass is 266 g/mol. The van der Waals surface area contributed by atoms with Gasteiger partial charge in [-0.15, -0.1) is 0 Å². The second-order valence-corrected chi connectivity index (χ2v) is 4.79. The lowest BCUT2D eigenvalue weighted by Gasteiger charge is -2.23. The number of amides is 2. The van der Waals surface area contributed by atoms with Gasteiger partial charge in [-0.3, -0.25) is 9.59 Å². The number of rotatable bonds is 5. The zero-order chi connectivity index (χ0) is 14.1. The molecule has 1 fully saturated rings. The highest BCUT2D eigenvalue weighted by Gasteiger charge is 2.18. The van der Waals surface area contributed by atoms with Crippen molar-refractivity contribution in [3.63, 3.8) is 0 Å². The lowest BCUT2D eigenvalue weighted by Crippen LogP contribution is -2.21. The van der Waals surface area contributed by atoms with E-state index in [2.05, 4.69) is 21.1 Å². The van der Waals surface area contributed by atoms with Gasteiger partial charge in [0.15, 0.2) is 0 Å². The molecule has 6 heteroatoms. The molecule has 19 heavy (non-hydrogen) atoms. The molecule has 6 nitrogen and oxygen atoms in total. The molecular formula is C13H22N4O2. The number of carbonyl (C=O) groups excluding carboxylic acids is 2. The molecule has 2 N–H and O–H groups in total. The first-order valence-electron chi connectivity index (χ1n) is 6.73. The maximum atomic E-state index is 11.0. The Bertz CT molecular complexity index is 358. The first-order valence-corrected chi connectivity index (χ1v) is 6.73. The van der Waals surface area contributed by atoms with E-state index in [0.29, 0.717) is 18.3 Å². The van der Waals surface area contributed by atoms with Crippen molar-refractivity contribution >= 4 is 24.2 Å². The van der Waals surface area contributed by atoms with Gasteiger partial charge in [0.05, 0.1) is 0 Å². The van der Waals surface area contributed by atoms with Crippen LogP contribution in [0.5, 0.6) is 0 Å². The molecule has 1 aliphatic rings. The molecular weight excluding hydrogens is 244 g/mol. The number of hydrogen-bond acceptors (Lipinski definition) is 4. The highest BCUT2D eigenvalue weighted by Crippen LogP contribution is 2.26. The molecule has 106 valence electrons. The van der Waals surface area contributed by atoms with Crippen molar-refractivity contribution in [2.24, 2.45) is 22.0 Å². The third-order valence-corrected chi connectivity index (χ3v) is 3.12. The van der Waals surface area contributed by atoms with Crippen molar-refractivity contribution < 1.29 is 9.59 Å². The van der Waals surface area contributed by atoms with Gasteiger partial charge < -0.3 is 0 Å². The number of hydrogen-bond donors (Lipinski definition) is 2. The fourth-order valence-corrected chi connectivity index (χ4v) is 1.97. The summed E-state index contributed by atoms with van der Waals surface area (Å²) in [5.41, 5.74) is 4.91. The molecule has 0 atom stereocenters. The number of carbonyl (C=O) groups is 2. The minimum absolute atomic E-state index is 0.0626. The molecule has 0 radical (unpaired) electrons. The van der Waals surface area contributed by atoms with Gasteiger partial charge in [0, 0.05) is 25.8 Å². The van der Waals surface area contributed by atoms with E-state index in [4.69, 9.17) is 0 Å². The van der Waals surface area contributed by atoms with E-state index in [-0.39, 0.29) is 11.8 Å². The topological polar surface area (TPSA) is 82.9 Å². The van der Waals surface area contributed by atoms with Crippen LogP contribution in [0.25, 0.3) is 0 Å². The van der Waals surface area contributed by atoms with Crippen molar-refractivity contribution in [2.45, 2.75) is 46.0 Å². The lowest BCUT2D eigenvalue weighted by atomic mass is 9.83. The predicted octanol–water partition coefficient (Wildman–Crippen LogP) is 1.43. The van der Waals surface area contributed by atoms with E-state index >= 15 is 0 Å². The highest BCUT2D eigenvalue weighted by molar-refractivity contribution is 5.76. The SMILES string of the molecule is CCC(=O)N/N=C/C1CCC(/C=N/NC(C)=O)CC1. The molecule has 2 amide bonds. The molecule has 0 aromatic carbocycles. The molecule has 0 aromatic heterocycles. The van der Waals surface area contributed by atoms with Gasteiger partial charge in [-0.2, -0.15) is 10.2 Å². The quantitative estimate of drug-likeness (QED) is 0.583. The second kappa shape index (κ2) is 8.39. The Morgan fingerprint density at radius 3 is 1.95 bits per heavy atom. The summed E-state index contributed by atoms with van der Waals surface area (Å²) in [6.45, 7) is 3.24. The van der Waals surface area contributed by atoms with Crippen LogP contribution in [0.4, 0.5) is 0 Å². The van der Waals surface area contributed by atoms with Gasteiger partial charge in [0.2, 0.25) is 11.8 Å². The molecule has 1 aliphatic carbocycles. The predicted molar refractivity (Wildman–Crippen MR) is 74.7 cm³/mol. The third kappa shape index (κ3) is 6.69. The summed E-state index contributed by atoms with van der Waals surface area (Å²) in [5, 5.41) is 7.86. The molecule has 0 heterocycles. The van der Waals surface area contributed by atoms with Crippen LogP contribution in [0.1, 0.15) is 46.0 Å². The van der Waals surface area contributed by atoms with Crippen molar-refractivity contribution in [3.05, 3.63) is 0 Å². The van der Waals surface area contributed by atoms with Gasteiger partial charge in [0.25, 0.3) is 0 Å². The van der Waals surface area contributed by atoms with Crippen molar-refractivity contribution in [1.29, 1.82) is 0 Å². The number of nitrogens with zero attached hydrogens (tertiary/aromatic N) is 2. The van der Waals surface area contributed by atoms with E-state index in [9.17, 15) is 9.59 Å². The average Bonchev–Trinajstić information content (AvgIpc) is 2.40. The zero-order valence-corrected chi connectivity index (χ0v) is 11.6. The first kappa shape index (κ1) is 15.3. The van der Waals surface area contributed by atoms with Gasteiger partial charge in [0.1, 0.15) is 0 Å². The smallest absolute Gasteiger partial charge is 0.239 e. The van der Waals surface area contributed by atoms with E-state index in [1.165, 1.54) is 6.92 Å². The summed E-state index contributed by atoms with van der Waals surface area (Å²) in [4.78, 5) is 21.7. The van der Waals surface area contributed by atoms with E-state index in [1.807, 2.05) is 12.4 Å². The van der Waals surface area contributed by atoms with Crippen LogP contribution in [0.15, 0.2) is 10.2 Å². The summed E-state index contributed by atoms with van der Waals surface area (Å²) < 4.78 is 0. The maximum Gasteiger partial charge on any atom is 0.239 e. The van der Waals surface area contributed by atoms with Crippen molar-refractivity contribution in [1.82, 2.24) is 10.9 Å². The normalized spacial score (nSPS) is 23.7. The molecule has 0 aliphatic heterocycles. The summed E-state index contributed by atoms with van der Waals surface area (Å²) in [6, 6.07) is 0. The Balaban J connectivity index is 2.23. The molecule has 0 bridgehead atoms. The van der Waals surface area contributed by atoms with Crippen molar-refractivity contribution in [3.8, 4) is 0 Å². The second-order valence-electron chi connectivity index (χ2n) is 4.79.